The number of piperidine rings is 1. The smallest absolute Gasteiger partial charge is 0.249 e. The van der Waals surface area contributed by atoms with E-state index in [9.17, 15) is 4.79 Å². The molecule has 0 aromatic carbocycles. The Hall–Kier alpha value is -0.610. The van der Waals surface area contributed by atoms with Gasteiger partial charge in [0.2, 0.25) is 5.91 Å². The van der Waals surface area contributed by atoms with Gasteiger partial charge in [0.1, 0.15) is 0 Å². The van der Waals surface area contributed by atoms with Crippen LogP contribution in [-0.4, -0.2) is 37.2 Å². The zero-order valence-electron chi connectivity index (χ0n) is 9.41. The molecule has 0 aromatic rings. The summed E-state index contributed by atoms with van der Waals surface area (Å²) in [4.78, 5) is 16.7. The molecule has 1 N–H and O–H groups in total. The maximum atomic E-state index is 11.8. The van der Waals surface area contributed by atoms with E-state index in [1.807, 2.05) is 0 Å². The molecule has 0 saturated carbocycles. The lowest BCUT2D eigenvalue weighted by molar-refractivity contribution is -0.174. The normalized spacial score (nSPS) is 32.7. The molecule has 1 amide bonds. The third-order valence-corrected chi connectivity index (χ3v) is 2.78. The highest BCUT2D eigenvalue weighted by Gasteiger charge is 2.30. The summed E-state index contributed by atoms with van der Waals surface area (Å²) in [5.74, 6) is 0.193. The molecule has 1 aliphatic rings. The lowest BCUT2D eigenvalue weighted by Gasteiger charge is -2.33. The highest BCUT2D eigenvalue weighted by atomic mass is 16.7. The van der Waals surface area contributed by atoms with E-state index in [0.717, 1.165) is 12.8 Å². The standard InChI is InChI=1S/C10H20N2O2/c1-7-5-9(6-8(2)11-7)10(13)12(3)14-4/h7-9,11H,5-6H2,1-4H3/t7-,8-/m1/s1. The fourth-order valence-electron chi connectivity index (χ4n) is 2.12. The van der Waals surface area contributed by atoms with Crippen LogP contribution in [0.4, 0.5) is 0 Å². The van der Waals surface area contributed by atoms with Crippen molar-refractivity contribution in [3.63, 3.8) is 0 Å². The number of carbonyl (C=O) groups excluding carboxylic acids is 1. The molecule has 82 valence electrons. The Kier molecular flexibility index (Phi) is 3.89. The van der Waals surface area contributed by atoms with Gasteiger partial charge in [-0.25, -0.2) is 5.06 Å². The molecule has 14 heavy (non-hydrogen) atoms. The Labute approximate surface area is 85.6 Å². The van der Waals surface area contributed by atoms with Crippen molar-refractivity contribution in [2.24, 2.45) is 5.92 Å². The van der Waals surface area contributed by atoms with Crippen molar-refractivity contribution in [1.29, 1.82) is 0 Å². The summed E-state index contributed by atoms with van der Waals surface area (Å²) in [6.07, 6.45) is 1.80. The minimum Gasteiger partial charge on any atom is -0.312 e. The van der Waals surface area contributed by atoms with E-state index < -0.39 is 0 Å². The highest BCUT2D eigenvalue weighted by Crippen LogP contribution is 2.21. The first-order valence-electron chi connectivity index (χ1n) is 5.12. The van der Waals surface area contributed by atoms with Crippen molar-refractivity contribution in [3.05, 3.63) is 0 Å². The van der Waals surface area contributed by atoms with Gasteiger partial charge in [0.25, 0.3) is 0 Å². The van der Waals surface area contributed by atoms with Gasteiger partial charge in [-0.15, -0.1) is 0 Å². The average Bonchev–Trinajstić information content (AvgIpc) is 2.14. The van der Waals surface area contributed by atoms with Crippen molar-refractivity contribution in [3.8, 4) is 0 Å². The largest absolute Gasteiger partial charge is 0.312 e. The maximum absolute atomic E-state index is 11.8. The minimum atomic E-state index is 0.0905. The fraction of sp³-hybridized carbons (Fsp3) is 0.900. The zero-order valence-corrected chi connectivity index (χ0v) is 9.41. The third kappa shape index (κ3) is 2.69. The van der Waals surface area contributed by atoms with Crippen LogP contribution in [0.15, 0.2) is 0 Å². The predicted octanol–water partition coefficient (Wildman–Crippen LogP) is 0.783. The monoisotopic (exact) mass is 200 g/mol. The van der Waals surface area contributed by atoms with Gasteiger partial charge in [-0.3, -0.25) is 9.63 Å². The van der Waals surface area contributed by atoms with E-state index in [4.69, 9.17) is 4.84 Å². The second kappa shape index (κ2) is 4.75. The molecule has 2 atom stereocenters. The number of amides is 1. The number of carbonyl (C=O) groups is 1. The molecule has 0 aromatic heterocycles. The van der Waals surface area contributed by atoms with Crippen molar-refractivity contribution in [1.82, 2.24) is 10.4 Å². The molecule has 4 nitrogen and oxygen atoms in total. The van der Waals surface area contributed by atoms with Gasteiger partial charge in [0, 0.05) is 25.0 Å². The van der Waals surface area contributed by atoms with Crippen LogP contribution in [0.5, 0.6) is 0 Å². The summed E-state index contributed by atoms with van der Waals surface area (Å²) in [6.45, 7) is 4.23. The molecule has 1 rings (SSSR count). The van der Waals surface area contributed by atoms with Gasteiger partial charge in [-0.1, -0.05) is 0 Å². The van der Waals surface area contributed by atoms with Crippen molar-refractivity contribution in [2.75, 3.05) is 14.2 Å². The number of hydrogen-bond donors (Lipinski definition) is 1. The van der Waals surface area contributed by atoms with Crippen LogP contribution in [-0.2, 0) is 9.63 Å². The van der Waals surface area contributed by atoms with E-state index in [-0.39, 0.29) is 11.8 Å². The number of hydroxylamine groups is 2. The Morgan fingerprint density at radius 2 is 1.86 bits per heavy atom. The van der Waals surface area contributed by atoms with Crippen LogP contribution in [0, 0.1) is 5.92 Å². The van der Waals surface area contributed by atoms with Crippen LogP contribution in [0.2, 0.25) is 0 Å². The van der Waals surface area contributed by atoms with Gasteiger partial charge in [-0.2, -0.15) is 0 Å². The van der Waals surface area contributed by atoms with E-state index in [2.05, 4.69) is 19.2 Å². The molecule has 0 bridgehead atoms. The van der Waals surface area contributed by atoms with Crippen LogP contribution in [0.3, 0.4) is 0 Å². The van der Waals surface area contributed by atoms with Crippen LogP contribution in [0.25, 0.3) is 0 Å². The molecule has 1 fully saturated rings. The van der Waals surface area contributed by atoms with Crippen LogP contribution < -0.4 is 5.32 Å². The van der Waals surface area contributed by atoms with E-state index in [1.165, 1.54) is 12.2 Å². The van der Waals surface area contributed by atoms with Gasteiger partial charge in [-0.05, 0) is 26.7 Å². The first-order chi connectivity index (χ1) is 6.54. The topological polar surface area (TPSA) is 41.6 Å². The summed E-state index contributed by atoms with van der Waals surface area (Å²) >= 11 is 0. The molecule has 4 heteroatoms. The maximum Gasteiger partial charge on any atom is 0.249 e. The number of nitrogens with zero attached hydrogens (tertiary/aromatic N) is 1. The summed E-state index contributed by atoms with van der Waals surface area (Å²) in [6, 6.07) is 0.830. The molecule has 0 aliphatic carbocycles. The highest BCUT2D eigenvalue weighted by molar-refractivity contribution is 5.77. The summed E-state index contributed by atoms with van der Waals surface area (Å²) in [5, 5.41) is 4.74. The van der Waals surface area contributed by atoms with Crippen molar-refractivity contribution < 1.29 is 9.63 Å². The first kappa shape index (κ1) is 11.5. The number of rotatable bonds is 2. The molecule has 0 unspecified atom stereocenters. The Balaban J connectivity index is 2.54. The molecular weight excluding hydrogens is 180 g/mol. The van der Waals surface area contributed by atoms with Gasteiger partial charge >= 0.3 is 0 Å². The summed E-state index contributed by atoms with van der Waals surface area (Å²) < 4.78 is 0. The molecule has 0 spiro atoms. The number of nitrogens with one attached hydrogen (secondary N) is 1. The molecule has 1 heterocycles. The predicted molar refractivity (Wildman–Crippen MR) is 54.6 cm³/mol. The molecule has 0 radical (unpaired) electrons. The van der Waals surface area contributed by atoms with Crippen LogP contribution >= 0.6 is 0 Å². The lowest BCUT2D eigenvalue weighted by Crippen LogP contribution is -2.47. The average molecular weight is 200 g/mol. The van der Waals surface area contributed by atoms with E-state index in [1.54, 1.807) is 7.05 Å². The second-order valence-electron chi connectivity index (χ2n) is 4.16. The van der Waals surface area contributed by atoms with Gasteiger partial charge in [0.05, 0.1) is 7.11 Å². The summed E-state index contributed by atoms with van der Waals surface area (Å²) in [7, 11) is 3.19. The quantitative estimate of drug-likeness (QED) is 0.670. The Bertz CT molecular complexity index is 198. The van der Waals surface area contributed by atoms with E-state index in [0.29, 0.717) is 12.1 Å². The van der Waals surface area contributed by atoms with Crippen molar-refractivity contribution in [2.45, 2.75) is 38.8 Å². The van der Waals surface area contributed by atoms with Crippen LogP contribution in [0.1, 0.15) is 26.7 Å². The lowest BCUT2D eigenvalue weighted by atomic mass is 9.88. The SMILES string of the molecule is CON(C)C(=O)C1C[C@@H](C)N[C@H](C)C1. The minimum absolute atomic E-state index is 0.0905. The molecule has 1 aliphatic heterocycles. The van der Waals surface area contributed by atoms with Gasteiger partial charge in [0.15, 0.2) is 0 Å². The third-order valence-electron chi connectivity index (χ3n) is 2.78. The van der Waals surface area contributed by atoms with Crippen molar-refractivity contribution >= 4 is 5.91 Å². The van der Waals surface area contributed by atoms with E-state index >= 15 is 0 Å². The second-order valence-corrected chi connectivity index (χ2v) is 4.16. The Morgan fingerprint density at radius 3 is 2.29 bits per heavy atom. The van der Waals surface area contributed by atoms with Gasteiger partial charge < -0.3 is 5.32 Å². The zero-order chi connectivity index (χ0) is 10.7. The molecular formula is C10H20N2O2. The Morgan fingerprint density at radius 1 is 1.36 bits per heavy atom. The molecule has 1 saturated heterocycles. The first-order valence-corrected chi connectivity index (χ1v) is 5.12. The summed E-state index contributed by atoms with van der Waals surface area (Å²) in [5.41, 5.74) is 0. The number of hydrogen-bond acceptors (Lipinski definition) is 3. The fourth-order valence-corrected chi connectivity index (χ4v) is 2.12.